The van der Waals surface area contributed by atoms with Crippen LogP contribution in [-0.2, 0) is 0 Å². The van der Waals surface area contributed by atoms with E-state index in [9.17, 15) is 9.18 Å². The largest absolute Gasteiger partial charge is 0.494 e. The van der Waals surface area contributed by atoms with E-state index in [1.165, 1.54) is 19.2 Å². The van der Waals surface area contributed by atoms with E-state index in [-0.39, 0.29) is 17.7 Å². The van der Waals surface area contributed by atoms with Gasteiger partial charge in [0.25, 0.3) is 5.91 Å². The van der Waals surface area contributed by atoms with Gasteiger partial charge in [-0.05, 0) is 45.0 Å². The average molecular weight is 342 g/mol. The first-order valence-corrected chi connectivity index (χ1v) is 7.91. The molecular formula is C18H19FN4O2. The standard InChI is InChI=1S/C18H19FN4O2/c1-10(2)20-18(24)13-7-8-23-11(3)21-16(22-17(13)23)12-5-6-14(19)15(9-12)25-4/h5-10H,1-4H3,(H,20,24). The number of amides is 1. The molecule has 130 valence electrons. The highest BCUT2D eigenvalue weighted by Gasteiger charge is 2.17. The molecule has 0 saturated heterocycles. The van der Waals surface area contributed by atoms with Gasteiger partial charge in [0.1, 0.15) is 5.82 Å². The number of methoxy groups -OCH3 is 1. The van der Waals surface area contributed by atoms with Crippen LogP contribution in [0, 0.1) is 12.7 Å². The third-order valence-electron chi connectivity index (χ3n) is 3.76. The Morgan fingerprint density at radius 1 is 1.28 bits per heavy atom. The monoisotopic (exact) mass is 342 g/mol. The minimum atomic E-state index is -0.455. The molecular weight excluding hydrogens is 323 g/mol. The summed E-state index contributed by atoms with van der Waals surface area (Å²) in [5, 5.41) is 2.86. The number of hydrogen-bond donors (Lipinski definition) is 1. The Labute approximate surface area is 144 Å². The summed E-state index contributed by atoms with van der Waals surface area (Å²) in [7, 11) is 1.40. The fourth-order valence-corrected chi connectivity index (χ4v) is 2.58. The Morgan fingerprint density at radius 3 is 2.72 bits per heavy atom. The number of aryl methyl sites for hydroxylation is 1. The van der Waals surface area contributed by atoms with Gasteiger partial charge in [-0.1, -0.05) is 0 Å². The number of hydrogen-bond acceptors (Lipinski definition) is 4. The number of fused-ring (bicyclic) bond motifs is 1. The van der Waals surface area contributed by atoms with Gasteiger partial charge >= 0.3 is 0 Å². The molecule has 2 aromatic heterocycles. The van der Waals surface area contributed by atoms with Crippen molar-refractivity contribution in [3.8, 4) is 17.1 Å². The van der Waals surface area contributed by atoms with Crippen LogP contribution in [-0.4, -0.2) is 33.4 Å². The van der Waals surface area contributed by atoms with Crippen LogP contribution < -0.4 is 10.1 Å². The normalized spacial score (nSPS) is 11.1. The first kappa shape index (κ1) is 16.9. The predicted molar refractivity (Wildman–Crippen MR) is 92.3 cm³/mol. The Bertz CT molecular complexity index is 950. The molecule has 0 aliphatic carbocycles. The predicted octanol–water partition coefficient (Wildman–Crippen LogP) is 2.99. The molecule has 0 saturated carbocycles. The van der Waals surface area contributed by atoms with Gasteiger partial charge in [0, 0.05) is 17.8 Å². The summed E-state index contributed by atoms with van der Waals surface area (Å²) in [5.74, 6) is 0.543. The van der Waals surface area contributed by atoms with Crippen LogP contribution >= 0.6 is 0 Å². The summed E-state index contributed by atoms with van der Waals surface area (Å²) in [6.45, 7) is 5.61. The number of benzene rings is 1. The van der Waals surface area contributed by atoms with Crippen LogP contribution in [0.5, 0.6) is 5.75 Å². The highest BCUT2D eigenvalue weighted by atomic mass is 19.1. The Balaban J connectivity index is 2.13. The molecule has 0 spiro atoms. The first-order valence-electron chi connectivity index (χ1n) is 7.91. The summed E-state index contributed by atoms with van der Waals surface area (Å²) < 4.78 is 20.4. The van der Waals surface area contributed by atoms with Crippen LogP contribution in [0.4, 0.5) is 4.39 Å². The van der Waals surface area contributed by atoms with Crippen LogP contribution in [0.25, 0.3) is 17.0 Å². The van der Waals surface area contributed by atoms with E-state index in [0.29, 0.717) is 28.4 Å². The third kappa shape index (κ3) is 3.17. The molecule has 1 amide bonds. The summed E-state index contributed by atoms with van der Waals surface area (Å²) in [5.41, 5.74) is 1.58. The molecule has 0 aliphatic rings. The molecule has 6 nitrogen and oxygen atoms in total. The van der Waals surface area contributed by atoms with Crippen molar-refractivity contribution in [2.24, 2.45) is 0 Å². The first-order chi connectivity index (χ1) is 11.9. The molecule has 2 heterocycles. The van der Waals surface area contributed by atoms with Crippen molar-refractivity contribution in [2.75, 3.05) is 7.11 Å². The van der Waals surface area contributed by atoms with Gasteiger partial charge in [0.2, 0.25) is 0 Å². The second-order valence-corrected chi connectivity index (χ2v) is 5.99. The smallest absolute Gasteiger partial charge is 0.255 e. The molecule has 25 heavy (non-hydrogen) atoms. The number of ether oxygens (including phenoxy) is 1. The van der Waals surface area contributed by atoms with Gasteiger partial charge in [-0.25, -0.2) is 14.4 Å². The van der Waals surface area contributed by atoms with E-state index in [4.69, 9.17) is 4.74 Å². The van der Waals surface area contributed by atoms with Crippen molar-refractivity contribution in [3.63, 3.8) is 0 Å². The lowest BCUT2D eigenvalue weighted by Crippen LogP contribution is -2.30. The van der Waals surface area contributed by atoms with Crippen LogP contribution in [0.15, 0.2) is 30.5 Å². The number of aromatic nitrogens is 3. The number of carbonyl (C=O) groups is 1. The number of carbonyl (C=O) groups excluding carboxylic acids is 1. The number of halogens is 1. The lowest BCUT2D eigenvalue weighted by atomic mass is 10.2. The third-order valence-corrected chi connectivity index (χ3v) is 3.76. The molecule has 1 N–H and O–H groups in total. The molecule has 0 atom stereocenters. The maximum atomic E-state index is 13.6. The second kappa shape index (κ2) is 6.51. The number of nitrogens with one attached hydrogen (secondary N) is 1. The van der Waals surface area contributed by atoms with Crippen molar-refractivity contribution >= 4 is 11.6 Å². The van der Waals surface area contributed by atoms with Gasteiger partial charge in [-0.3, -0.25) is 9.20 Å². The molecule has 1 aromatic carbocycles. The van der Waals surface area contributed by atoms with E-state index < -0.39 is 5.82 Å². The number of nitrogens with zero attached hydrogens (tertiary/aromatic N) is 3. The molecule has 3 rings (SSSR count). The molecule has 0 bridgehead atoms. The summed E-state index contributed by atoms with van der Waals surface area (Å²) >= 11 is 0. The zero-order valence-electron chi connectivity index (χ0n) is 14.5. The van der Waals surface area contributed by atoms with E-state index >= 15 is 0 Å². The zero-order chi connectivity index (χ0) is 18.1. The SMILES string of the molecule is COc1cc(-c2nc(C)n3ccc(C(=O)NC(C)C)c3n2)ccc1F. The Hall–Kier alpha value is -2.96. The number of rotatable bonds is 4. The lowest BCUT2D eigenvalue weighted by Gasteiger charge is -2.09. The van der Waals surface area contributed by atoms with E-state index in [1.807, 2.05) is 20.8 Å². The minimum Gasteiger partial charge on any atom is -0.494 e. The van der Waals surface area contributed by atoms with E-state index in [0.717, 1.165) is 0 Å². The van der Waals surface area contributed by atoms with Crippen LogP contribution in [0.3, 0.4) is 0 Å². The van der Waals surface area contributed by atoms with E-state index in [1.54, 1.807) is 22.7 Å². The summed E-state index contributed by atoms with van der Waals surface area (Å²) in [6, 6.07) is 6.16. The van der Waals surface area contributed by atoms with Gasteiger partial charge in [0.05, 0.1) is 12.7 Å². The van der Waals surface area contributed by atoms with Gasteiger partial charge < -0.3 is 10.1 Å². The zero-order valence-corrected chi connectivity index (χ0v) is 14.5. The molecule has 3 aromatic rings. The second-order valence-electron chi connectivity index (χ2n) is 5.99. The Kier molecular flexibility index (Phi) is 4.39. The average Bonchev–Trinajstić information content (AvgIpc) is 2.99. The van der Waals surface area contributed by atoms with Gasteiger partial charge in [-0.15, -0.1) is 0 Å². The van der Waals surface area contributed by atoms with Crippen LogP contribution in [0.1, 0.15) is 30.0 Å². The highest BCUT2D eigenvalue weighted by molar-refractivity contribution is 6.00. The minimum absolute atomic E-state index is 0.0196. The maximum absolute atomic E-state index is 13.6. The van der Waals surface area contributed by atoms with Gasteiger partial charge in [-0.2, -0.15) is 0 Å². The summed E-state index contributed by atoms with van der Waals surface area (Å²) in [6.07, 6.45) is 1.76. The fourth-order valence-electron chi connectivity index (χ4n) is 2.58. The van der Waals surface area contributed by atoms with Crippen molar-refractivity contribution in [3.05, 3.63) is 47.7 Å². The Morgan fingerprint density at radius 2 is 2.04 bits per heavy atom. The fraction of sp³-hybridized carbons (Fsp3) is 0.278. The maximum Gasteiger partial charge on any atom is 0.255 e. The molecule has 0 unspecified atom stereocenters. The van der Waals surface area contributed by atoms with Crippen molar-refractivity contribution in [1.82, 2.24) is 19.7 Å². The van der Waals surface area contributed by atoms with Crippen LogP contribution in [0.2, 0.25) is 0 Å². The van der Waals surface area contributed by atoms with Crippen molar-refractivity contribution < 1.29 is 13.9 Å². The van der Waals surface area contributed by atoms with Crippen molar-refractivity contribution in [2.45, 2.75) is 26.8 Å². The molecule has 0 fully saturated rings. The summed E-state index contributed by atoms with van der Waals surface area (Å²) in [4.78, 5) is 21.3. The van der Waals surface area contributed by atoms with Gasteiger partial charge in [0.15, 0.2) is 23.0 Å². The molecule has 7 heteroatoms. The topological polar surface area (TPSA) is 68.5 Å². The quantitative estimate of drug-likeness (QED) is 0.791. The molecule has 0 aliphatic heterocycles. The van der Waals surface area contributed by atoms with E-state index in [2.05, 4.69) is 15.3 Å². The highest BCUT2D eigenvalue weighted by Crippen LogP contribution is 2.25. The molecule has 0 radical (unpaired) electrons. The van der Waals surface area contributed by atoms with Crippen molar-refractivity contribution in [1.29, 1.82) is 0 Å². The lowest BCUT2D eigenvalue weighted by molar-refractivity contribution is 0.0944.